The molecule has 2 aromatic rings. The molecular weight excluding hydrogens is 380 g/mol. The molecule has 2 amide bonds. The highest BCUT2D eigenvalue weighted by molar-refractivity contribution is 6.30. The maximum Gasteiger partial charge on any atom is 0.253 e. The van der Waals surface area contributed by atoms with Gasteiger partial charge in [0.15, 0.2) is 5.82 Å². The lowest BCUT2D eigenvalue weighted by Crippen LogP contribution is -2.40. The molecule has 8 heteroatoms. The molecule has 1 atom stereocenters. The quantitative estimate of drug-likeness (QED) is 0.806. The molecule has 28 heavy (non-hydrogen) atoms. The number of nitrogens with one attached hydrogen (secondary N) is 2. The van der Waals surface area contributed by atoms with Gasteiger partial charge in [0.2, 0.25) is 5.91 Å². The molecule has 0 radical (unpaired) electrons. The van der Waals surface area contributed by atoms with E-state index in [1.807, 2.05) is 12.1 Å². The summed E-state index contributed by atoms with van der Waals surface area (Å²) in [5, 5.41) is 6.53. The number of carbonyl (C=O) groups is 2. The fourth-order valence-electron chi connectivity index (χ4n) is 3.37. The Morgan fingerprint density at radius 2 is 2.18 bits per heavy atom. The van der Waals surface area contributed by atoms with Crippen molar-refractivity contribution >= 4 is 34.9 Å². The van der Waals surface area contributed by atoms with E-state index >= 15 is 0 Å². The summed E-state index contributed by atoms with van der Waals surface area (Å²) in [4.78, 5) is 31.0. The summed E-state index contributed by atoms with van der Waals surface area (Å²) in [7, 11) is 0. The van der Waals surface area contributed by atoms with Crippen LogP contribution in [0.1, 0.15) is 28.8 Å². The molecule has 2 N–H and O–H groups in total. The van der Waals surface area contributed by atoms with Crippen LogP contribution in [0, 0.1) is 0 Å². The van der Waals surface area contributed by atoms with Crippen molar-refractivity contribution in [2.75, 3.05) is 29.9 Å². The summed E-state index contributed by atoms with van der Waals surface area (Å²) in [6, 6.07) is 9.04. The van der Waals surface area contributed by atoms with E-state index < -0.39 is 0 Å². The Labute approximate surface area is 168 Å². The molecule has 1 unspecified atom stereocenters. The van der Waals surface area contributed by atoms with Crippen molar-refractivity contribution in [3.8, 4) is 0 Å². The Balaban J connectivity index is 1.53. The van der Waals surface area contributed by atoms with Gasteiger partial charge in [-0.15, -0.1) is 0 Å². The highest BCUT2D eigenvalue weighted by atomic mass is 35.5. The van der Waals surface area contributed by atoms with E-state index in [4.69, 9.17) is 16.3 Å². The van der Waals surface area contributed by atoms with Gasteiger partial charge in [0.25, 0.3) is 5.91 Å². The zero-order chi connectivity index (χ0) is 19.5. The largest absolute Gasteiger partial charge is 0.376 e. The number of nitrogens with zero attached hydrogens (tertiary/aromatic N) is 2. The van der Waals surface area contributed by atoms with E-state index in [2.05, 4.69) is 15.6 Å². The maximum atomic E-state index is 12.5. The van der Waals surface area contributed by atoms with Crippen LogP contribution in [0.3, 0.4) is 0 Å². The highest BCUT2D eigenvalue weighted by Crippen LogP contribution is 2.30. The lowest BCUT2D eigenvalue weighted by molar-refractivity contribution is -0.117. The van der Waals surface area contributed by atoms with E-state index in [0.717, 1.165) is 25.0 Å². The molecular formula is C20H21ClN4O3. The Kier molecular flexibility index (Phi) is 5.45. The minimum absolute atomic E-state index is 0.0687. The monoisotopic (exact) mass is 400 g/mol. The average Bonchev–Trinajstić information content (AvgIpc) is 3.23. The maximum absolute atomic E-state index is 12.5. The first-order valence-electron chi connectivity index (χ1n) is 9.28. The molecule has 0 aliphatic carbocycles. The van der Waals surface area contributed by atoms with Gasteiger partial charge in [-0.25, -0.2) is 4.98 Å². The minimum atomic E-state index is -0.227. The number of anilines is 2. The SMILES string of the molecule is O=C(NCC1CCCO1)c1cnc2c(c1)N(Cc1ccc(Cl)cc1)C(=O)CN2. The molecule has 146 valence electrons. The van der Waals surface area contributed by atoms with Crippen LogP contribution in [0.25, 0.3) is 0 Å². The van der Waals surface area contributed by atoms with Crippen molar-refractivity contribution < 1.29 is 14.3 Å². The second-order valence-electron chi connectivity index (χ2n) is 6.90. The van der Waals surface area contributed by atoms with E-state index in [0.29, 0.717) is 35.2 Å². The van der Waals surface area contributed by atoms with Crippen molar-refractivity contribution in [3.05, 3.63) is 52.7 Å². The first kappa shape index (κ1) is 18.7. The van der Waals surface area contributed by atoms with Gasteiger partial charge in [-0.05, 0) is 36.6 Å². The molecule has 1 saturated heterocycles. The number of pyridine rings is 1. The third-order valence-electron chi connectivity index (χ3n) is 4.90. The summed E-state index contributed by atoms with van der Waals surface area (Å²) in [6.45, 7) is 1.77. The van der Waals surface area contributed by atoms with Crippen molar-refractivity contribution in [3.63, 3.8) is 0 Å². The van der Waals surface area contributed by atoms with Gasteiger partial charge >= 0.3 is 0 Å². The van der Waals surface area contributed by atoms with Crippen LogP contribution in [0.2, 0.25) is 5.02 Å². The van der Waals surface area contributed by atoms with Gasteiger partial charge < -0.3 is 20.3 Å². The molecule has 2 aliphatic heterocycles. The normalized spacial score (nSPS) is 18.5. The van der Waals surface area contributed by atoms with E-state index in [9.17, 15) is 9.59 Å². The molecule has 0 saturated carbocycles. The molecule has 0 spiro atoms. The van der Waals surface area contributed by atoms with Crippen LogP contribution < -0.4 is 15.5 Å². The Morgan fingerprint density at radius 1 is 1.36 bits per heavy atom. The number of ether oxygens (including phenoxy) is 1. The van der Waals surface area contributed by atoms with E-state index in [-0.39, 0.29) is 24.5 Å². The van der Waals surface area contributed by atoms with Gasteiger partial charge in [-0.2, -0.15) is 0 Å². The second kappa shape index (κ2) is 8.16. The number of rotatable bonds is 5. The van der Waals surface area contributed by atoms with Crippen LogP contribution in [-0.4, -0.2) is 42.6 Å². The third kappa shape index (κ3) is 4.10. The fraction of sp³-hybridized carbons (Fsp3) is 0.350. The molecule has 3 heterocycles. The zero-order valence-corrected chi connectivity index (χ0v) is 16.0. The molecule has 4 rings (SSSR count). The predicted molar refractivity (Wildman–Crippen MR) is 107 cm³/mol. The summed E-state index contributed by atoms with van der Waals surface area (Å²) in [6.07, 6.45) is 3.57. The number of benzene rings is 1. The van der Waals surface area contributed by atoms with E-state index in [1.165, 1.54) is 6.20 Å². The van der Waals surface area contributed by atoms with Gasteiger partial charge in [0, 0.05) is 24.4 Å². The lowest BCUT2D eigenvalue weighted by Gasteiger charge is -2.29. The number of aromatic nitrogens is 1. The standard InChI is InChI=1S/C20H21ClN4O3/c21-15-5-3-13(4-6-15)12-25-17-8-14(9-22-19(17)23-11-18(25)26)20(27)24-10-16-2-1-7-28-16/h3-6,8-9,16H,1-2,7,10-12H2,(H,22,23)(H,24,27). The number of fused-ring (bicyclic) bond motifs is 1. The predicted octanol–water partition coefficient (Wildman–Crippen LogP) is 2.60. The average molecular weight is 401 g/mol. The van der Waals surface area contributed by atoms with Crippen molar-refractivity contribution in [2.45, 2.75) is 25.5 Å². The van der Waals surface area contributed by atoms with Crippen molar-refractivity contribution in [2.24, 2.45) is 0 Å². The topological polar surface area (TPSA) is 83.6 Å². The van der Waals surface area contributed by atoms with Gasteiger partial charge in [0.05, 0.1) is 30.4 Å². The van der Waals surface area contributed by atoms with Crippen LogP contribution >= 0.6 is 11.6 Å². The first-order chi connectivity index (χ1) is 13.6. The molecule has 2 aliphatic rings. The van der Waals surface area contributed by atoms with Crippen LogP contribution in [0.5, 0.6) is 0 Å². The molecule has 0 bridgehead atoms. The number of halogens is 1. The molecule has 1 aromatic carbocycles. The molecule has 1 fully saturated rings. The van der Waals surface area contributed by atoms with Crippen molar-refractivity contribution in [1.29, 1.82) is 0 Å². The fourth-order valence-corrected chi connectivity index (χ4v) is 3.49. The van der Waals surface area contributed by atoms with Crippen molar-refractivity contribution in [1.82, 2.24) is 10.3 Å². The first-order valence-corrected chi connectivity index (χ1v) is 9.66. The minimum Gasteiger partial charge on any atom is -0.376 e. The number of hydrogen-bond donors (Lipinski definition) is 2. The third-order valence-corrected chi connectivity index (χ3v) is 5.15. The van der Waals surface area contributed by atoms with Gasteiger partial charge in [-0.1, -0.05) is 23.7 Å². The number of hydrogen-bond acceptors (Lipinski definition) is 5. The molecule has 1 aromatic heterocycles. The number of carbonyl (C=O) groups excluding carboxylic acids is 2. The summed E-state index contributed by atoms with van der Waals surface area (Å²) in [5.41, 5.74) is 1.95. The molecule has 7 nitrogen and oxygen atoms in total. The highest BCUT2D eigenvalue weighted by Gasteiger charge is 2.26. The Bertz CT molecular complexity index is 882. The zero-order valence-electron chi connectivity index (χ0n) is 15.3. The summed E-state index contributed by atoms with van der Waals surface area (Å²) >= 11 is 5.94. The van der Waals surface area contributed by atoms with Crippen LogP contribution in [-0.2, 0) is 16.1 Å². The van der Waals surface area contributed by atoms with Crippen LogP contribution in [0.4, 0.5) is 11.5 Å². The summed E-state index contributed by atoms with van der Waals surface area (Å²) < 4.78 is 5.53. The lowest BCUT2D eigenvalue weighted by atomic mass is 10.1. The van der Waals surface area contributed by atoms with E-state index in [1.54, 1.807) is 23.1 Å². The second-order valence-corrected chi connectivity index (χ2v) is 7.33. The smallest absolute Gasteiger partial charge is 0.253 e. The summed E-state index contributed by atoms with van der Waals surface area (Å²) in [5.74, 6) is 0.278. The van der Waals surface area contributed by atoms with Crippen LogP contribution in [0.15, 0.2) is 36.5 Å². The Hall–Kier alpha value is -2.64. The van der Waals surface area contributed by atoms with Gasteiger partial charge in [-0.3, -0.25) is 9.59 Å². The Morgan fingerprint density at radius 3 is 2.93 bits per heavy atom. The number of amides is 2. The van der Waals surface area contributed by atoms with Gasteiger partial charge in [0.1, 0.15) is 0 Å².